The minimum atomic E-state index is -4.84. The van der Waals surface area contributed by atoms with Crippen LogP contribution in [0.5, 0.6) is 11.5 Å². The number of nitrogens with one attached hydrogen (secondary N) is 1. The minimum Gasteiger partial charge on any atom is -0.505 e. The monoisotopic (exact) mass is 687 g/mol. The first-order chi connectivity index (χ1) is 21.9. The Morgan fingerprint density at radius 3 is 2.28 bits per heavy atom. The molecule has 0 spiro atoms. The predicted octanol–water partition coefficient (Wildman–Crippen LogP) is 7.05. The molecule has 5 N–H and O–H groups in total. The van der Waals surface area contributed by atoms with Crippen LogP contribution in [0, 0.1) is 0 Å². The van der Waals surface area contributed by atoms with Crippen LogP contribution in [-0.4, -0.2) is 43.0 Å². The number of phenols is 1. The lowest BCUT2D eigenvalue weighted by atomic mass is 10.0. The Morgan fingerprint density at radius 2 is 1.61 bits per heavy atom. The number of ether oxygens (including phenoxy) is 1. The molecule has 0 heterocycles. The number of hydrogen-bond donors (Lipinski definition) is 5. The Labute approximate surface area is 266 Å². The molecule has 5 rings (SSSR count). The zero-order valence-corrected chi connectivity index (χ0v) is 26.1. The van der Waals surface area contributed by atoms with E-state index in [0.717, 1.165) is 17.7 Å². The molecule has 0 unspecified atom stereocenters. The predicted molar refractivity (Wildman–Crippen MR) is 169 cm³/mol. The van der Waals surface area contributed by atoms with Crippen molar-refractivity contribution in [1.29, 1.82) is 0 Å². The lowest BCUT2D eigenvalue weighted by Crippen LogP contribution is -2.10. The van der Waals surface area contributed by atoms with Gasteiger partial charge in [0.05, 0.1) is 22.3 Å². The van der Waals surface area contributed by atoms with Crippen LogP contribution in [0.4, 0.5) is 17.1 Å². The van der Waals surface area contributed by atoms with E-state index in [1.165, 1.54) is 18.2 Å². The quantitative estimate of drug-likeness (QED) is 0.0222. The van der Waals surface area contributed by atoms with E-state index in [1.54, 1.807) is 42.5 Å². The molecule has 17 heteroatoms. The molecule has 5 aromatic rings. The SMILES string of the molecule is CCc1cccc2c(S(=O)(=O)O)c(N=Nc3c(SOOO)cc4c(S(=O)(=O)O)ccc(NCOc5ccccc5)c4c3O)ccc12. The number of rotatable bonds is 12. The zero-order chi connectivity index (χ0) is 33.1. The van der Waals surface area contributed by atoms with Crippen molar-refractivity contribution < 1.29 is 50.4 Å². The number of azo groups is 1. The third-order valence-electron chi connectivity index (χ3n) is 6.83. The maximum Gasteiger partial charge on any atom is 0.297 e. The van der Waals surface area contributed by atoms with Gasteiger partial charge in [0.2, 0.25) is 0 Å². The molecule has 14 nitrogen and oxygen atoms in total. The van der Waals surface area contributed by atoms with Crippen LogP contribution in [0.1, 0.15) is 12.5 Å². The zero-order valence-electron chi connectivity index (χ0n) is 23.7. The first-order valence-electron chi connectivity index (χ1n) is 13.2. The molecule has 0 amide bonds. The molecule has 0 saturated heterocycles. The third kappa shape index (κ3) is 6.91. The Balaban J connectivity index is 1.70. The van der Waals surface area contributed by atoms with Gasteiger partial charge >= 0.3 is 0 Å². The van der Waals surface area contributed by atoms with Crippen LogP contribution >= 0.6 is 12.0 Å². The van der Waals surface area contributed by atoms with Crippen molar-refractivity contribution in [3.05, 3.63) is 84.4 Å². The van der Waals surface area contributed by atoms with Gasteiger partial charge in [-0.15, -0.1) is 14.6 Å². The van der Waals surface area contributed by atoms with E-state index in [0.29, 0.717) is 29.6 Å². The number of aryl methyl sites for hydroxylation is 1. The standard InChI is InChI=1S/C29H25N3O11S3/c1-2-17-7-6-10-20-19(17)11-12-23(29(20)46(38,39)40)31-32-27-24(44-43-42-34)15-21-25(45(35,36)37)14-13-22(26(21)28(27)33)30-16-41-18-8-4-3-5-9-18/h3-15,30,33-34H,2,16H2,1H3,(H,35,36,37)(H,38,39,40). The molecule has 0 fully saturated rings. The van der Waals surface area contributed by atoms with Gasteiger partial charge in [-0.2, -0.15) is 16.8 Å². The van der Waals surface area contributed by atoms with E-state index in [4.69, 9.17) is 9.99 Å². The lowest BCUT2D eigenvalue weighted by Gasteiger charge is -2.16. The number of fused-ring (bicyclic) bond motifs is 2. The van der Waals surface area contributed by atoms with Gasteiger partial charge in [0.15, 0.2) is 12.5 Å². The molecule has 46 heavy (non-hydrogen) atoms. The van der Waals surface area contributed by atoms with E-state index in [1.807, 2.05) is 13.0 Å². The fourth-order valence-electron chi connectivity index (χ4n) is 4.88. The smallest absolute Gasteiger partial charge is 0.297 e. The van der Waals surface area contributed by atoms with Crippen LogP contribution in [0.15, 0.2) is 104 Å². The summed E-state index contributed by atoms with van der Waals surface area (Å²) >= 11 is 0.294. The van der Waals surface area contributed by atoms with E-state index < -0.39 is 35.8 Å². The molecule has 0 aliphatic heterocycles. The number of nitrogens with zero attached hydrogens (tertiary/aromatic N) is 2. The van der Waals surface area contributed by atoms with Gasteiger partial charge in [0, 0.05) is 16.5 Å². The largest absolute Gasteiger partial charge is 0.505 e. The van der Waals surface area contributed by atoms with Crippen molar-refractivity contribution in [2.75, 3.05) is 12.0 Å². The topological polar surface area (TPSA) is 214 Å². The van der Waals surface area contributed by atoms with Crippen LogP contribution in [0.25, 0.3) is 21.5 Å². The summed E-state index contributed by atoms with van der Waals surface area (Å²) in [7, 11) is -9.67. The van der Waals surface area contributed by atoms with Crippen molar-refractivity contribution >= 4 is 70.9 Å². The summed E-state index contributed by atoms with van der Waals surface area (Å²) < 4.78 is 79.9. The van der Waals surface area contributed by atoms with Gasteiger partial charge < -0.3 is 15.2 Å². The van der Waals surface area contributed by atoms with Gasteiger partial charge in [0.25, 0.3) is 20.2 Å². The van der Waals surface area contributed by atoms with Gasteiger partial charge in [-0.1, -0.05) is 54.4 Å². The highest BCUT2D eigenvalue weighted by Crippen LogP contribution is 2.48. The summed E-state index contributed by atoms with van der Waals surface area (Å²) in [6.07, 6.45) is 0.583. The van der Waals surface area contributed by atoms with Crippen LogP contribution in [0.2, 0.25) is 0 Å². The van der Waals surface area contributed by atoms with Crippen molar-refractivity contribution in [2.24, 2.45) is 10.2 Å². The summed E-state index contributed by atoms with van der Waals surface area (Å²) in [5.41, 5.74) is 0.320. The first-order valence-corrected chi connectivity index (χ1v) is 16.9. The summed E-state index contributed by atoms with van der Waals surface area (Å²) in [5, 5.41) is 35.4. The highest BCUT2D eigenvalue weighted by Gasteiger charge is 2.25. The summed E-state index contributed by atoms with van der Waals surface area (Å²) in [4.78, 5) is -1.28. The van der Waals surface area contributed by atoms with Crippen molar-refractivity contribution in [2.45, 2.75) is 28.0 Å². The average Bonchev–Trinajstić information content (AvgIpc) is 3.02. The number of benzene rings is 5. The van der Waals surface area contributed by atoms with Gasteiger partial charge in [-0.3, -0.25) is 9.11 Å². The average molecular weight is 688 g/mol. The molecular formula is C29H25N3O11S3. The molecule has 0 radical (unpaired) electrons. The van der Waals surface area contributed by atoms with Crippen LogP contribution in [0.3, 0.4) is 0 Å². The molecule has 0 aliphatic rings. The molecule has 0 saturated carbocycles. The minimum absolute atomic E-state index is 0.132. The number of aromatic hydroxyl groups is 1. The normalized spacial score (nSPS) is 12.3. The molecule has 5 aromatic carbocycles. The Bertz CT molecular complexity index is 2180. The second kappa shape index (κ2) is 13.6. The Hall–Kier alpha value is -4.33. The molecule has 0 atom stereocenters. The fraction of sp³-hybridized carbons (Fsp3) is 0.103. The molecular weight excluding hydrogens is 663 g/mol. The Morgan fingerprint density at radius 1 is 0.848 bits per heavy atom. The van der Waals surface area contributed by atoms with Crippen LogP contribution < -0.4 is 10.1 Å². The third-order valence-corrected chi connectivity index (χ3v) is 9.31. The second-order valence-electron chi connectivity index (χ2n) is 9.54. The maximum absolute atomic E-state index is 12.5. The molecule has 0 aromatic heterocycles. The highest BCUT2D eigenvalue weighted by molar-refractivity contribution is 7.94. The number of phenolic OH excluding ortho intramolecular Hbond substituents is 1. The van der Waals surface area contributed by atoms with Crippen LogP contribution in [-0.2, 0) is 36.0 Å². The van der Waals surface area contributed by atoms with Crippen molar-refractivity contribution in [3.63, 3.8) is 0 Å². The summed E-state index contributed by atoms with van der Waals surface area (Å²) in [6.45, 7) is 1.76. The van der Waals surface area contributed by atoms with Gasteiger partial charge in [-0.25, -0.2) is 5.26 Å². The molecule has 0 aliphatic carbocycles. The lowest BCUT2D eigenvalue weighted by molar-refractivity contribution is -0.432. The molecule has 0 bridgehead atoms. The van der Waals surface area contributed by atoms with Crippen molar-refractivity contribution in [3.8, 4) is 11.5 Å². The van der Waals surface area contributed by atoms with Crippen molar-refractivity contribution in [1.82, 2.24) is 0 Å². The fourth-order valence-corrected chi connectivity index (χ4v) is 6.87. The van der Waals surface area contributed by atoms with E-state index in [9.17, 15) is 31.0 Å². The summed E-state index contributed by atoms with van der Waals surface area (Å²) in [5.74, 6) is -0.163. The van der Waals surface area contributed by atoms with E-state index >= 15 is 0 Å². The van der Waals surface area contributed by atoms with Gasteiger partial charge in [0.1, 0.15) is 26.9 Å². The number of para-hydroxylation sites is 1. The van der Waals surface area contributed by atoms with E-state index in [-0.39, 0.29) is 44.8 Å². The number of anilines is 1. The molecule has 240 valence electrons. The Kier molecular flexibility index (Phi) is 9.75. The highest BCUT2D eigenvalue weighted by atomic mass is 32.2. The van der Waals surface area contributed by atoms with Gasteiger partial charge in [-0.05, 0) is 53.8 Å². The van der Waals surface area contributed by atoms with E-state index in [2.05, 4.69) is 24.9 Å². The number of hydrogen-bond acceptors (Lipinski definition) is 13. The maximum atomic E-state index is 12.5. The first kappa shape index (κ1) is 33.0. The summed E-state index contributed by atoms with van der Waals surface area (Å²) in [6, 6.07) is 20.2. The second-order valence-corrected chi connectivity index (χ2v) is 13.0.